The average Bonchev–Trinajstić information content (AvgIpc) is 3.25. The number of rotatable bonds is 3. The molecule has 4 rings (SSSR count). The Balaban J connectivity index is 0.00000169. The van der Waals surface area contributed by atoms with Crippen LogP contribution in [-0.4, -0.2) is 28.8 Å². The minimum atomic E-state index is -0.419. The Labute approximate surface area is 151 Å². The van der Waals surface area contributed by atoms with Gasteiger partial charge in [-0.1, -0.05) is 6.07 Å². The molecule has 0 saturated carbocycles. The number of hydrogen-bond donors (Lipinski definition) is 1. The molecule has 3 aromatic rings. The molecule has 0 saturated heterocycles. The van der Waals surface area contributed by atoms with E-state index in [0.717, 1.165) is 15.1 Å². The van der Waals surface area contributed by atoms with Crippen molar-refractivity contribution in [2.24, 2.45) is 0 Å². The third-order valence-corrected chi connectivity index (χ3v) is 5.14. The van der Waals surface area contributed by atoms with E-state index in [1.165, 1.54) is 17.4 Å². The van der Waals surface area contributed by atoms with E-state index in [-0.39, 0.29) is 18.1 Å². The zero-order valence-electron chi connectivity index (χ0n) is 12.3. The van der Waals surface area contributed by atoms with E-state index in [1.807, 2.05) is 29.0 Å². The fourth-order valence-electron chi connectivity index (χ4n) is 2.38. The highest BCUT2D eigenvalue weighted by Crippen LogP contribution is 2.33. The van der Waals surface area contributed by atoms with Gasteiger partial charge in [0.25, 0.3) is 11.8 Å². The monoisotopic (exact) mass is 378 g/mol. The van der Waals surface area contributed by atoms with Gasteiger partial charge < -0.3 is 4.90 Å². The molecule has 9 heteroatoms. The number of nitrogens with zero attached hydrogens (tertiary/aromatic N) is 3. The molecule has 1 N–H and O–H groups in total. The second-order valence-electron chi connectivity index (χ2n) is 4.89. The molecule has 0 aromatic carbocycles. The lowest BCUT2D eigenvalue weighted by molar-refractivity contribution is -0.123. The number of amides is 2. The predicted molar refractivity (Wildman–Crippen MR) is 97.6 cm³/mol. The minimum absolute atomic E-state index is 0. The molecule has 1 aliphatic heterocycles. The number of nitrogens with one attached hydrogen (secondary N) is 1. The third kappa shape index (κ3) is 2.68. The average molecular weight is 379 g/mol. The van der Waals surface area contributed by atoms with Gasteiger partial charge in [-0.3, -0.25) is 14.9 Å². The highest BCUT2D eigenvalue weighted by Gasteiger charge is 2.27. The maximum atomic E-state index is 11.9. The Hall–Kier alpha value is -2.29. The number of fused-ring (bicyclic) bond motifs is 1. The Kier molecular flexibility index (Phi) is 4.35. The van der Waals surface area contributed by atoms with Gasteiger partial charge >= 0.3 is 0 Å². The van der Waals surface area contributed by atoms with Crippen LogP contribution in [0.25, 0.3) is 20.9 Å². The molecule has 0 unspecified atom stereocenters. The molecule has 0 spiro atoms. The SMILES string of the molecule is CN(C1=CC(=O)NC1=O)c1nc(-c2cccs2)nc2sccc12.Cl. The van der Waals surface area contributed by atoms with Gasteiger partial charge in [-0.15, -0.1) is 35.1 Å². The molecule has 0 bridgehead atoms. The number of halogens is 1. The molecule has 122 valence electrons. The number of aromatic nitrogens is 2. The van der Waals surface area contributed by atoms with E-state index >= 15 is 0 Å². The first kappa shape index (κ1) is 16.6. The first-order valence-electron chi connectivity index (χ1n) is 6.73. The van der Waals surface area contributed by atoms with Crippen LogP contribution in [0.5, 0.6) is 0 Å². The molecule has 24 heavy (non-hydrogen) atoms. The van der Waals surface area contributed by atoms with E-state index in [2.05, 4.69) is 15.3 Å². The van der Waals surface area contributed by atoms with Crippen LogP contribution in [-0.2, 0) is 9.59 Å². The number of anilines is 1. The molecule has 0 atom stereocenters. The summed E-state index contributed by atoms with van der Waals surface area (Å²) in [5, 5.41) is 7.00. The Bertz CT molecular complexity index is 965. The van der Waals surface area contributed by atoms with Crippen LogP contribution < -0.4 is 10.2 Å². The smallest absolute Gasteiger partial charge is 0.274 e. The van der Waals surface area contributed by atoms with Crippen LogP contribution in [0.2, 0.25) is 0 Å². The molecule has 1 aliphatic rings. The molecule has 3 aromatic heterocycles. The third-order valence-electron chi connectivity index (χ3n) is 3.46. The van der Waals surface area contributed by atoms with Crippen LogP contribution in [0.15, 0.2) is 40.7 Å². The normalized spacial score (nSPS) is 13.6. The van der Waals surface area contributed by atoms with Gasteiger partial charge in [0.1, 0.15) is 16.3 Å². The van der Waals surface area contributed by atoms with Crippen molar-refractivity contribution in [2.75, 3.05) is 11.9 Å². The van der Waals surface area contributed by atoms with Crippen molar-refractivity contribution in [1.82, 2.24) is 15.3 Å². The minimum Gasteiger partial charge on any atom is -0.324 e. The Morgan fingerprint density at radius 3 is 2.62 bits per heavy atom. The number of likely N-dealkylation sites (N-methyl/N-ethyl adjacent to an activating group) is 1. The van der Waals surface area contributed by atoms with Gasteiger partial charge in [-0.25, -0.2) is 9.97 Å². The van der Waals surface area contributed by atoms with E-state index < -0.39 is 11.8 Å². The molecule has 0 radical (unpaired) electrons. The van der Waals surface area contributed by atoms with Crippen molar-refractivity contribution in [3.05, 3.63) is 40.7 Å². The largest absolute Gasteiger partial charge is 0.324 e. The number of imide groups is 1. The van der Waals surface area contributed by atoms with E-state index in [4.69, 9.17) is 0 Å². The highest BCUT2D eigenvalue weighted by molar-refractivity contribution is 7.17. The lowest BCUT2D eigenvalue weighted by Crippen LogP contribution is -2.29. The maximum absolute atomic E-state index is 11.9. The van der Waals surface area contributed by atoms with E-state index in [9.17, 15) is 9.59 Å². The van der Waals surface area contributed by atoms with Crippen LogP contribution in [0.3, 0.4) is 0 Å². The summed E-state index contributed by atoms with van der Waals surface area (Å²) in [6.07, 6.45) is 1.29. The number of carbonyl (C=O) groups is 2. The molecular formula is C15H11ClN4O2S2. The van der Waals surface area contributed by atoms with Gasteiger partial charge in [0, 0.05) is 13.1 Å². The van der Waals surface area contributed by atoms with Crippen molar-refractivity contribution in [1.29, 1.82) is 0 Å². The van der Waals surface area contributed by atoms with Crippen LogP contribution in [0.4, 0.5) is 5.82 Å². The van der Waals surface area contributed by atoms with Crippen molar-refractivity contribution in [2.45, 2.75) is 0 Å². The standard InChI is InChI=1S/C15H10N4O2S2.ClH/c1-19(9-7-11(20)16-14(9)21)13-8-4-6-23-15(8)18-12(17-13)10-3-2-5-22-10;/h2-7H,1H3,(H,16,20,21);1H. The topological polar surface area (TPSA) is 75.2 Å². The summed E-state index contributed by atoms with van der Waals surface area (Å²) >= 11 is 3.07. The zero-order valence-corrected chi connectivity index (χ0v) is 14.8. The lowest BCUT2D eigenvalue weighted by Gasteiger charge is -2.19. The Morgan fingerprint density at radius 1 is 1.12 bits per heavy atom. The molecule has 0 fully saturated rings. The molecular weight excluding hydrogens is 368 g/mol. The lowest BCUT2D eigenvalue weighted by atomic mass is 10.3. The molecule has 0 aliphatic carbocycles. The molecule has 4 heterocycles. The maximum Gasteiger partial charge on any atom is 0.274 e. The number of carbonyl (C=O) groups excluding carboxylic acids is 2. The quantitative estimate of drug-likeness (QED) is 0.709. The van der Waals surface area contributed by atoms with Crippen molar-refractivity contribution in [3.63, 3.8) is 0 Å². The van der Waals surface area contributed by atoms with Gasteiger partial charge in [0.15, 0.2) is 5.82 Å². The second-order valence-corrected chi connectivity index (χ2v) is 6.74. The first-order valence-corrected chi connectivity index (χ1v) is 8.49. The Morgan fingerprint density at radius 2 is 1.96 bits per heavy atom. The zero-order chi connectivity index (χ0) is 16.0. The summed E-state index contributed by atoms with van der Waals surface area (Å²) in [4.78, 5) is 35.9. The summed E-state index contributed by atoms with van der Waals surface area (Å²) in [5.74, 6) is 0.390. The van der Waals surface area contributed by atoms with Gasteiger partial charge in [-0.2, -0.15) is 0 Å². The summed E-state index contributed by atoms with van der Waals surface area (Å²) < 4.78 is 0. The molecule has 2 amide bonds. The van der Waals surface area contributed by atoms with Gasteiger partial charge in [-0.05, 0) is 22.9 Å². The van der Waals surface area contributed by atoms with Crippen molar-refractivity contribution < 1.29 is 9.59 Å². The fraction of sp³-hybridized carbons (Fsp3) is 0.0667. The summed E-state index contributed by atoms with van der Waals surface area (Å²) in [6.45, 7) is 0. The fourth-order valence-corrected chi connectivity index (χ4v) is 3.79. The van der Waals surface area contributed by atoms with Crippen LogP contribution in [0, 0.1) is 0 Å². The van der Waals surface area contributed by atoms with Crippen molar-refractivity contribution in [3.8, 4) is 10.7 Å². The van der Waals surface area contributed by atoms with Crippen molar-refractivity contribution >= 4 is 62.9 Å². The number of thiophene rings is 2. The second kappa shape index (κ2) is 6.31. The van der Waals surface area contributed by atoms with Crippen LogP contribution in [0.1, 0.15) is 0 Å². The first-order chi connectivity index (χ1) is 11.1. The highest BCUT2D eigenvalue weighted by atomic mass is 35.5. The summed E-state index contributed by atoms with van der Waals surface area (Å²) in [5.41, 5.74) is 0.276. The van der Waals surface area contributed by atoms with E-state index in [0.29, 0.717) is 11.6 Å². The van der Waals surface area contributed by atoms with Gasteiger partial charge in [0.2, 0.25) is 0 Å². The number of hydrogen-bond acceptors (Lipinski definition) is 7. The summed E-state index contributed by atoms with van der Waals surface area (Å²) in [6, 6.07) is 5.81. The van der Waals surface area contributed by atoms with Gasteiger partial charge in [0.05, 0.1) is 10.3 Å². The van der Waals surface area contributed by atoms with E-state index in [1.54, 1.807) is 23.3 Å². The predicted octanol–water partition coefficient (Wildman–Crippen LogP) is 2.82. The molecule has 6 nitrogen and oxygen atoms in total. The summed E-state index contributed by atoms with van der Waals surface area (Å²) in [7, 11) is 1.72. The van der Waals surface area contributed by atoms with Crippen LogP contribution >= 0.6 is 35.1 Å².